The zero-order valence-electron chi connectivity index (χ0n) is 10.4. The Labute approximate surface area is 96.6 Å². The molecule has 90 valence electrons. The van der Waals surface area contributed by atoms with E-state index in [-0.39, 0.29) is 11.0 Å². The Morgan fingerprint density at radius 3 is 2.50 bits per heavy atom. The van der Waals surface area contributed by atoms with Gasteiger partial charge in [-0.3, -0.25) is 0 Å². The van der Waals surface area contributed by atoms with Crippen LogP contribution in [0.5, 0.6) is 0 Å². The van der Waals surface area contributed by atoms with E-state index in [1.807, 2.05) is 0 Å². The van der Waals surface area contributed by atoms with Crippen LogP contribution >= 0.6 is 0 Å². The van der Waals surface area contributed by atoms with Crippen molar-refractivity contribution >= 4 is 0 Å². The molecule has 0 spiro atoms. The maximum Gasteiger partial charge on any atom is 0.227 e. The van der Waals surface area contributed by atoms with E-state index in [2.05, 4.69) is 30.9 Å². The van der Waals surface area contributed by atoms with E-state index < -0.39 is 0 Å². The van der Waals surface area contributed by atoms with E-state index >= 15 is 0 Å². The fourth-order valence-corrected chi connectivity index (χ4v) is 2.21. The van der Waals surface area contributed by atoms with Crippen LogP contribution < -0.4 is 5.73 Å². The largest absolute Gasteiger partial charge is 0.339 e. The summed E-state index contributed by atoms with van der Waals surface area (Å²) < 4.78 is 5.28. The first kappa shape index (κ1) is 11.6. The van der Waals surface area contributed by atoms with E-state index in [1.54, 1.807) is 0 Å². The molecular weight excluding hydrogens is 202 g/mol. The second kappa shape index (κ2) is 3.84. The van der Waals surface area contributed by atoms with E-state index in [0.717, 1.165) is 19.3 Å². The fraction of sp³-hybridized carbons (Fsp3) is 0.833. The normalized spacial score (nSPS) is 20.2. The van der Waals surface area contributed by atoms with Gasteiger partial charge in [-0.05, 0) is 18.3 Å². The summed E-state index contributed by atoms with van der Waals surface area (Å²) in [5.74, 6) is 1.41. The number of hydrogen-bond donors (Lipinski definition) is 1. The summed E-state index contributed by atoms with van der Waals surface area (Å²) in [5.41, 5.74) is 6.11. The van der Waals surface area contributed by atoms with E-state index in [0.29, 0.717) is 11.7 Å². The van der Waals surface area contributed by atoms with Gasteiger partial charge < -0.3 is 10.3 Å². The third kappa shape index (κ3) is 2.43. The van der Waals surface area contributed by atoms with Gasteiger partial charge in [0.05, 0.1) is 5.54 Å². The summed E-state index contributed by atoms with van der Waals surface area (Å²) in [6, 6.07) is 0. The van der Waals surface area contributed by atoms with Gasteiger partial charge in [0.1, 0.15) is 0 Å². The van der Waals surface area contributed by atoms with Crippen LogP contribution in [0.25, 0.3) is 0 Å². The lowest BCUT2D eigenvalue weighted by Gasteiger charge is -2.18. The molecule has 1 heterocycles. The molecule has 2 N–H and O–H groups in total. The molecule has 0 amide bonds. The van der Waals surface area contributed by atoms with E-state index in [9.17, 15) is 0 Å². The van der Waals surface area contributed by atoms with Crippen LogP contribution in [-0.2, 0) is 12.0 Å². The van der Waals surface area contributed by atoms with Gasteiger partial charge in [-0.25, -0.2) is 0 Å². The first-order valence-electron chi connectivity index (χ1n) is 6.01. The summed E-state index contributed by atoms with van der Waals surface area (Å²) in [6.45, 7) is 6.47. The van der Waals surface area contributed by atoms with Crippen molar-refractivity contribution in [2.45, 2.75) is 58.4 Å². The molecule has 1 fully saturated rings. The van der Waals surface area contributed by atoms with Crippen molar-refractivity contribution in [2.75, 3.05) is 0 Å². The lowest BCUT2D eigenvalue weighted by molar-refractivity contribution is 0.306. The first-order valence-corrected chi connectivity index (χ1v) is 6.01. The van der Waals surface area contributed by atoms with Crippen LogP contribution in [0, 0.1) is 5.41 Å². The van der Waals surface area contributed by atoms with Crippen LogP contribution in [0.3, 0.4) is 0 Å². The zero-order valence-corrected chi connectivity index (χ0v) is 10.4. The minimum atomic E-state index is -0.334. The molecule has 1 aliphatic rings. The van der Waals surface area contributed by atoms with Crippen LogP contribution in [0.15, 0.2) is 4.52 Å². The highest BCUT2D eigenvalue weighted by Gasteiger charge is 2.36. The summed E-state index contributed by atoms with van der Waals surface area (Å²) >= 11 is 0. The SMILES string of the molecule is CC(C)(C)Cc1nc(C2(N)CCCC2)no1. The standard InChI is InChI=1S/C12H21N3O/c1-11(2,3)8-9-14-10(15-16-9)12(13)6-4-5-7-12/h4-8,13H2,1-3H3. The lowest BCUT2D eigenvalue weighted by Crippen LogP contribution is -2.34. The third-order valence-electron chi connectivity index (χ3n) is 3.09. The third-order valence-corrected chi connectivity index (χ3v) is 3.09. The van der Waals surface area contributed by atoms with Gasteiger partial charge >= 0.3 is 0 Å². The highest BCUT2D eigenvalue weighted by Crippen LogP contribution is 2.34. The van der Waals surface area contributed by atoms with Gasteiger partial charge in [-0.15, -0.1) is 0 Å². The van der Waals surface area contributed by atoms with Crippen molar-refractivity contribution in [3.05, 3.63) is 11.7 Å². The Bertz CT molecular complexity index is 359. The lowest BCUT2D eigenvalue weighted by atomic mass is 9.92. The predicted octanol–water partition coefficient (Wildman–Crippen LogP) is 2.39. The molecule has 0 saturated heterocycles. The quantitative estimate of drug-likeness (QED) is 0.836. The summed E-state index contributed by atoms with van der Waals surface area (Å²) in [7, 11) is 0. The van der Waals surface area contributed by atoms with Crippen LogP contribution in [0.2, 0.25) is 0 Å². The van der Waals surface area contributed by atoms with Gasteiger partial charge in [-0.2, -0.15) is 4.98 Å². The fourth-order valence-electron chi connectivity index (χ4n) is 2.21. The molecule has 4 heteroatoms. The molecule has 16 heavy (non-hydrogen) atoms. The number of hydrogen-bond acceptors (Lipinski definition) is 4. The second-order valence-corrected chi connectivity index (χ2v) is 6.11. The number of rotatable bonds is 2. The van der Waals surface area contributed by atoms with Crippen molar-refractivity contribution in [3.8, 4) is 0 Å². The van der Waals surface area contributed by atoms with Crippen LogP contribution in [0.1, 0.15) is 58.2 Å². The summed E-state index contributed by atoms with van der Waals surface area (Å²) in [6.07, 6.45) is 5.08. The van der Waals surface area contributed by atoms with Gasteiger partial charge in [0.2, 0.25) is 5.89 Å². The van der Waals surface area contributed by atoms with Gasteiger partial charge in [0.25, 0.3) is 0 Å². The van der Waals surface area contributed by atoms with Crippen molar-refractivity contribution in [1.82, 2.24) is 10.1 Å². The van der Waals surface area contributed by atoms with Gasteiger partial charge in [0.15, 0.2) is 5.82 Å². The summed E-state index contributed by atoms with van der Waals surface area (Å²) in [4.78, 5) is 4.45. The minimum Gasteiger partial charge on any atom is -0.339 e. The zero-order chi connectivity index (χ0) is 11.8. The van der Waals surface area contributed by atoms with Crippen molar-refractivity contribution in [3.63, 3.8) is 0 Å². The minimum absolute atomic E-state index is 0.168. The molecular formula is C12H21N3O. The Morgan fingerprint density at radius 1 is 1.31 bits per heavy atom. The Balaban J connectivity index is 2.13. The van der Waals surface area contributed by atoms with Crippen LogP contribution in [-0.4, -0.2) is 10.1 Å². The molecule has 0 unspecified atom stereocenters. The van der Waals surface area contributed by atoms with E-state index in [1.165, 1.54) is 12.8 Å². The Morgan fingerprint density at radius 2 is 1.94 bits per heavy atom. The highest BCUT2D eigenvalue weighted by atomic mass is 16.5. The van der Waals surface area contributed by atoms with Crippen molar-refractivity contribution in [2.24, 2.45) is 11.1 Å². The van der Waals surface area contributed by atoms with Gasteiger partial charge in [-0.1, -0.05) is 38.8 Å². The van der Waals surface area contributed by atoms with Crippen molar-refractivity contribution < 1.29 is 4.52 Å². The molecule has 0 aliphatic heterocycles. The number of nitrogens with zero attached hydrogens (tertiary/aromatic N) is 2. The second-order valence-electron chi connectivity index (χ2n) is 6.11. The number of nitrogens with two attached hydrogens (primary N) is 1. The smallest absolute Gasteiger partial charge is 0.227 e. The summed E-state index contributed by atoms with van der Waals surface area (Å²) in [5, 5.41) is 4.04. The predicted molar refractivity (Wildman–Crippen MR) is 61.8 cm³/mol. The number of aromatic nitrogens is 2. The average Bonchev–Trinajstić information content (AvgIpc) is 2.72. The molecule has 1 saturated carbocycles. The molecule has 1 aromatic rings. The maximum atomic E-state index is 6.27. The molecule has 1 aliphatic carbocycles. The Hall–Kier alpha value is -0.900. The van der Waals surface area contributed by atoms with Crippen LogP contribution in [0.4, 0.5) is 0 Å². The van der Waals surface area contributed by atoms with E-state index in [4.69, 9.17) is 10.3 Å². The molecule has 2 rings (SSSR count). The topological polar surface area (TPSA) is 64.9 Å². The molecule has 0 atom stereocenters. The molecule has 0 radical (unpaired) electrons. The molecule has 1 aromatic heterocycles. The monoisotopic (exact) mass is 223 g/mol. The van der Waals surface area contributed by atoms with Gasteiger partial charge in [0, 0.05) is 6.42 Å². The molecule has 0 aromatic carbocycles. The maximum absolute atomic E-state index is 6.27. The Kier molecular flexibility index (Phi) is 2.78. The van der Waals surface area contributed by atoms with Crippen molar-refractivity contribution in [1.29, 1.82) is 0 Å². The molecule has 0 bridgehead atoms. The average molecular weight is 223 g/mol. The molecule has 4 nitrogen and oxygen atoms in total. The highest BCUT2D eigenvalue weighted by molar-refractivity contribution is 5.06. The first-order chi connectivity index (χ1) is 7.39.